The van der Waals surface area contributed by atoms with Gasteiger partial charge in [0.15, 0.2) is 11.5 Å². The standard InChI is InChI=1S/C17H25N2O5PS2/c1-12(2)19(25(26)22-9-10-23-25)27-18(5)16(20)24-15-14-13(7-6-8-21-14)11-17(15,3)4/h6-8,12H,9-11H2,1-5H3. The number of allylic oxidation sites excluding steroid dienone is 4. The molecule has 7 nitrogen and oxygen atoms in total. The number of carbonyl (C=O) groups excluding carboxylic acids is 1. The summed E-state index contributed by atoms with van der Waals surface area (Å²) in [5, 5.41) is 0. The molecule has 2 aliphatic heterocycles. The van der Waals surface area contributed by atoms with E-state index in [-0.39, 0.29) is 11.5 Å². The van der Waals surface area contributed by atoms with Crippen LogP contribution in [0.4, 0.5) is 4.79 Å². The third-order valence-corrected chi connectivity index (χ3v) is 9.51. The van der Waals surface area contributed by atoms with E-state index in [0.29, 0.717) is 24.7 Å². The van der Waals surface area contributed by atoms with Gasteiger partial charge in [-0.2, -0.15) is 4.08 Å². The summed E-state index contributed by atoms with van der Waals surface area (Å²) in [4.78, 5) is 12.8. The van der Waals surface area contributed by atoms with Crippen LogP contribution in [0.25, 0.3) is 0 Å². The first kappa shape index (κ1) is 20.9. The van der Waals surface area contributed by atoms with Crippen molar-refractivity contribution in [2.75, 3.05) is 20.3 Å². The van der Waals surface area contributed by atoms with Gasteiger partial charge in [0.05, 0.1) is 31.6 Å². The van der Waals surface area contributed by atoms with Crippen molar-refractivity contribution in [1.82, 2.24) is 8.38 Å². The molecule has 0 N–H and O–H groups in total. The smallest absolute Gasteiger partial charge is 0.425 e. The fourth-order valence-electron chi connectivity index (χ4n) is 2.99. The lowest BCUT2D eigenvalue weighted by Gasteiger charge is -2.33. The van der Waals surface area contributed by atoms with Crippen LogP contribution in [0.5, 0.6) is 0 Å². The zero-order valence-electron chi connectivity index (χ0n) is 16.1. The largest absolute Gasteiger partial charge is 0.461 e. The Morgan fingerprint density at radius 3 is 2.67 bits per heavy atom. The van der Waals surface area contributed by atoms with Crippen LogP contribution in [0, 0.1) is 5.41 Å². The van der Waals surface area contributed by atoms with Gasteiger partial charge < -0.3 is 18.5 Å². The quantitative estimate of drug-likeness (QED) is 0.457. The highest BCUT2D eigenvalue weighted by molar-refractivity contribution is 8.15. The maximum absolute atomic E-state index is 12.8. The first-order valence-corrected chi connectivity index (χ1v) is 12.1. The number of fused-ring (bicyclic) bond motifs is 1. The molecule has 1 fully saturated rings. The van der Waals surface area contributed by atoms with Gasteiger partial charge >= 0.3 is 6.09 Å². The molecular formula is C17H25N2O5PS2. The van der Waals surface area contributed by atoms with Crippen molar-refractivity contribution in [2.45, 2.75) is 40.2 Å². The highest BCUT2D eigenvalue weighted by Gasteiger charge is 2.42. The fourth-order valence-corrected chi connectivity index (χ4v) is 7.26. The summed E-state index contributed by atoms with van der Waals surface area (Å²) < 4.78 is 25.9. The zero-order chi connectivity index (χ0) is 19.8. The number of carbonyl (C=O) groups is 1. The van der Waals surface area contributed by atoms with Gasteiger partial charge in [-0.3, -0.25) is 0 Å². The van der Waals surface area contributed by atoms with Crippen LogP contribution in [-0.4, -0.2) is 40.8 Å². The maximum Gasteiger partial charge on any atom is 0.425 e. The Labute approximate surface area is 169 Å². The second-order valence-electron chi connectivity index (χ2n) is 7.34. The SMILES string of the molecule is CC(C)N(SN(C)C(=O)OC1=C2OC=CC=C2CC1(C)C)P1(=S)OCCO1. The fraction of sp³-hybridized carbons (Fsp3) is 0.588. The Balaban J connectivity index is 1.73. The molecule has 1 amide bonds. The van der Waals surface area contributed by atoms with E-state index in [1.807, 2.05) is 43.9 Å². The van der Waals surface area contributed by atoms with Crippen molar-refractivity contribution in [3.63, 3.8) is 0 Å². The molecule has 0 bridgehead atoms. The number of nitrogens with zero attached hydrogens (tertiary/aromatic N) is 2. The Bertz CT molecular complexity index is 752. The summed E-state index contributed by atoms with van der Waals surface area (Å²) >= 11 is 6.74. The topological polar surface area (TPSA) is 60.5 Å². The molecule has 2 heterocycles. The van der Waals surface area contributed by atoms with Gasteiger partial charge in [-0.05, 0) is 43.7 Å². The second-order valence-corrected chi connectivity index (χ2v) is 12.0. The summed E-state index contributed by atoms with van der Waals surface area (Å²) in [7, 11) is 1.64. The number of amides is 1. The van der Waals surface area contributed by atoms with Crippen LogP contribution in [0.15, 0.2) is 35.5 Å². The predicted octanol–water partition coefficient (Wildman–Crippen LogP) is 4.71. The lowest BCUT2D eigenvalue weighted by atomic mass is 9.90. The van der Waals surface area contributed by atoms with Gasteiger partial charge in [-0.25, -0.2) is 9.10 Å². The van der Waals surface area contributed by atoms with Crippen molar-refractivity contribution in [1.29, 1.82) is 0 Å². The molecule has 3 aliphatic rings. The summed E-state index contributed by atoms with van der Waals surface area (Å²) in [6, 6.07) is 0.0282. The zero-order valence-corrected chi connectivity index (χ0v) is 18.7. The van der Waals surface area contributed by atoms with Crippen LogP contribution in [-0.2, 0) is 30.3 Å². The predicted molar refractivity (Wildman–Crippen MR) is 109 cm³/mol. The number of hydrogen-bond acceptors (Lipinski definition) is 7. The van der Waals surface area contributed by atoms with Gasteiger partial charge in [0.1, 0.15) is 0 Å². The van der Waals surface area contributed by atoms with E-state index in [9.17, 15) is 4.79 Å². The van der Waals surface area contributed by atoms with Gasteiger partial charge in [0, 0.05) is 18.5 Å². The molecule has 0 aromatic carbocycles. The Morgan fingerprint density at radius 2 is 2.04 bits per heavy atom. The van der Waals surface area contributed by atoms with E-state index < -0.39 is 12.7 Å². The molecule has 1 saturated heterocycles. The van der Waals surface area contributed by atoms with E-state index in [1.54, 1.807) is 13.3 Å². The van der Waals surface area contributed by atoms with Crippen molar-refractivity contribution >= 4 is 36.7 Å². The van der Waals surface area contributed by atoms with Gasteiger partial charge in [-0.15, -0.1) is 0 Å². The number of hydrogen-bond donors (Lipinski definition) is 0. The molecule has 0 aromatic heterocycles. The van der Waals surface area contributed by atoms with Crippen molar-refractivity contribution in [2.24, 2.45) is 5.41 Å². The molecule has 0 spiro atoms. The van der Waals surface area contributed by atoms with Crippen LogP contribution >= 0.6 is 18.8 Å². The Hall–Kier alpha value is -0.830. The molecule has 0 unspecified atom stereocenters. The summed E-state index contributed by atoms with van der Waals surface area (Å²) in [6.45, 7) is 6.38. The lowest BCUT2D eigenvalue weighted by Crippen LogP contribution is -2.31. The monoisotopic (exact) mass is 432 g/mol. The maximum atomic E-state index is 12.8. The molecule has 27 heavy (non-hydrogen) atoms. The Morgan fingerprint density at radius 1 is 1.37 bits per heavy atom. The van der Waals surface area contributed by atoms with E-state index in [4.69, 9.17) is 30.3 Å². The summed E-state index contributed by atoms with van der Waals surface area (Å²) in [5.74, 6) is 1.17. The van der Waals surface area contributed by atoms with Crippen LogP contribution < -0.4 is 0 Å². The first-order chi connectivity index (χ1) is 12.6. The Kier molecular flexibility index (Phi) is 6.11. The first-order valence-electron chi connectivity index (χ1n) is 8.74. The molecule has 3 rings (SSSR count). The van der Waals surface area contributed by atoms with E-state index in [2.05, 4.69) is 0 Å². The average molecular weight is 433 g/mol. The molecule has 0 aromatic rings. The van der Waals surface area contributed by atoms with E-state index in [0.717, 1.165) is 12.0 Å². The van der Waals surface area contributed by atoms with Crippen molar-refractivity contribution in [3.8, 4) is 0 Å². The molecular weight excluding hydrogens is 407 g/mol. The molecule has 10 heteroatoms. The number of rotatable bonds is 5. The van der Waals surface area contributed by atoms with Gasteiger partial charge in [-0.1, -0.05) is 19.9 Å². The summed E-state index contributed by atoms with van der Waals surface area (Å²) in [5.41, 5.74) is 0.711. The summed E-state index contributed by atoms with van der Waals surface area (Å²) in [6.07, 6.45) is 5.68. The van der Waals surface area contributed by atoms with Gasteiger partial charge in [0.2, 0.25) is 0 Å². The van der Waals surface area contributed by atoms with E-state index in [1.165, 1.54) is 16.4 Å². The minimum atomic E-state index is -2.59. The van der Waals surface area contributed by atoms with Crippen molar-refractivity contribution in [3.05, 3.63) is 35.5 Å². The highest BCUT2D eigenvalue weighted by Crippen LogP contribution is 2.60. The molecule has 0 radical (unpaired) electrons. The minimum absolute atomic E-state index is 0.0282. The normalized spacial score (nSPS) is 22.7. The van der Waals surface area contributed by atoms with Crippen LogP contribution in [0.3, 0.4) is 0 Å². The van der Waals surface area contributed by atoms with Crippen LogP contribution in [0.2, 0.25) is 0 Å². The lowest BCUT2D eigenvalue weighted by molar-refractivity contribution is 0.134. The molecule has 150 valence electrons. The third-order valence-electron chi connectivity index (χ3n) is 4.23. The molecule has 1 aliphatic carbocycles. The van der Waals surface area contributed by atoms with Crippen LogP contribution in [0.1, 0.15) is 34.1 Å². The van der Waals surface area contributed by atoms with E-state index >= 15 is 0 Å². The van der Waals surface area contributed by atoms with Crippen molar-refractivity contribution < 1.29 is 23.3 Å². The molecule has 0 atom stereocenters. The number of ether oxygens (including phenoxy) is 2. The average Bonchev–Trinajstić information content (AvgIpc) is 3.14. The third kappa shape index (κ3) is 4.28. The van der Waals surface area contributed by atoms with Gasteiger partial charge in [0.25, 0.3) is 6.64 Å². The second kappa shape index (κ2) is 7.89. The highest BCUT2D eigenvalue weighted by atomic mass is 32.5. The minimum Gasteiger partial charge on any atom is -0.461 e. The molecule has 0 saturated carbocycles.